The molecule has 2 aromatic carbocycles. The number of halogens is 4. The van der Waals surface area contributed by atoms with Gasteiger partial charge in [0.1, 0.15) is 0 Å². The number of para-hydroxylation sites is 1. The van der Waals surface area contributed by atoms with Crippen LogP contribution < -0.4 is 5.32 Å². The first kappa shape index (κ1) is 21.7. The molecule has 0 saturated carbocycles. The van der Waals surface area contributed by atoms with Crippen LogP contribution in [0.4, 0.5) is 18.9 Å². The number of hydrogen-bond acceptors (Lipinski definition) is 5. The maximum Gasteiger partial charge on any atom is 0.418 e. The van der Waals surface area contributed by atoms with Crippen LogP contribution in [0.3, 0.4) is 0 Å². The molecule has 0 aliphatic rings. The van der Waals surface area contributed by atoms with E-state index in [9.17, 15) is 31.2 Å². The first-order valence-corrected chi connectivity index (χ1v) is 9.79. The smallest absolute Gasteiger partial charge is 0.418 e. The van der Waals surface area contributed by atoms with Gasteiger partial charge in [0.25, 0.3) is 5.91 Å². The van der Waals surface area contributed by atoms with Gasteiger partial charge in [-0.2, -0.15) is 13.2 Å². The fraction of sp³-hybridized carbons (Fsp3) is 0.176. The van der Waals surface area contributed by atoms with Gasteiger partial charge in [-0.15, -0.1) is 0 Å². The number of nitrogens with one attached hydrogen (secondary N) is 1. The molecule has 1 N–H and O–H groups in total. The normalized spacial score (nSPS) is 11.8. The lowest BCUT2D eigenvalue weighted by molar-refractivity contribution is -0.137. The largest absolute Gasteiger partial charge is 0.452 e. The van der Waals surface area contributed by atoms with E-state index in [4.69, 9.17) is 16.3 Å². The summed E-state index contributed by atoms with van der Waals surface area (Å²) in [6.07, 6.45) is -3.75. The summed E-state index contributed by atoms with van der Waals surface area (Å²) in [5, 5.41) is 1.65. The molecule has 28 heavy (non-hydrogen) atoms. The number of rotatable bonds is 5. The Kier molecular flexibility index (Phi) is 6.35. The van der Waals surface area contributed by atoms with Crippen LogP contribution in [0.25, 0.3) is 0 Å². The van der Waals surface area contributed by atoms with E-state index in [-0.39, 0.29) is 15.5 Å². The average molecular weight is 436 g/mol. The van der Waals surface area contributed by atoms with E-state index in [1.54, 1.807) is 0 Å². The van der Waals surface area contributed by atoms with Gasteiger partial charge in [-0.25, -0.2) is 13.2 Å². The molecule has 11 heteroatoms. The van der Waals surface area contributed by atoms with Crippen molar-refractivity contribution >= 4 is 39.0 Å². The maximum atomic E-state index is 13.0. The van der Waals surface area contributed by atoms with Crippen molar-refractivity contribution in [2.45, 2.75) is 11.1 Å². The first-order chi connectivity index (χ1) is 12.9. The highest BCUT2D eigenvalue weighted by Crippen LogP contribution is 2.38. The van der Waals surface area contributed by atoms with E-state index in [2.05, 4.69) is 0 Å². The third kappa shape index (κ3) is 5.46. The Morgan fingerprint density at radius 2 is 1.71 bits per heavy atom. The molecule has 0 unspecified atom stereocenters. The second kappa shape index (κ2) is 8.19. The summed E-state index contributed by atoms with van der Waals surface area (Å²) in [5.41, 5.74) is -1.82. The Labute approximate surface area is 163 Å². The fourth-order valence-electron chi connectivity index (χ4n) is 2.12. The first-order valence-electron chi connectivity index (χ1n) is 7.52. The van der Waals surface area contributed by atoms with Gasteiger partial charge in [-0.05, 0) is 36.4 Å². The van der Waals surface area contributed by atoms with Gasteiger partial charge in [0.05, 0.1) is 26.7 Å². The van der Waals surface area contributed by atoms with Gasteiger partial charge in [-0.1, -0.05) is 17.7 Å². The Bertz CT molecular complexity index is 1000. The molecule has 0 heterocycles. The molecule has 2 aromatic rings. The molecule has 0 fully saturated rings. The molecule has 0 aromatic heterocycles. The van der Waals surface area contributed by atoms with Crippen LogP contribution >= 0.6 is 11.6 Å². The van der Waals surface area contributed by atoms with Crippen molar-refractivity contribution in [3.63, 3.8) is 0 Å². The van der Waals surface area contributed by atoms with Crippen LogP contribution in [-0.4, -0.2) is 33.2 Å². The standard InChI is InChI=1S/C17H13ClF3NO5S/c1-28(25,26)11-7-5-10(6-8-11)16(24)27-9-14(23)22-15-12(17(19,20)21)3-2-4-13(15)18/h2-8H,9H2,1H3,(H,22,23). The number of alkyl halides is 3. The lowest BCUT2D eigenvalue weighted by Gasteiger charge is -2.15. The summed E-state index contributed by atoms with van der Waals surface area (Å²) in [6.45, 7) is -0.866. The molecule has 0 atom stereocenters. The molecule has 0 aliphatic carbocycles. The Hall–Kier alpha value is -2.59. The monoisotopic (exact) mass is 435 g/mol. The molecule has 0 bridgehead atoms. The van der Waals surface area contributed by atoms with Gasteiger partial charge in [0.2, 0.25) is 0 Å². The zero-order valence-corrected chi connectivity index (χ0v) is 15.8. The summed E-state index contributed by atoms with van der Waals surface area (Å²) >= 11 is 5.72. The third-order valence-electron chi connectivity index (χ3n) is 3.44. The van der Waals surface area contributed by atoms with Crippen LogP contribution in [0.15, 0.2) is 47.4 Å². The van der Waals surface area contributed by atoms with E-state index < -0.39 is 45.7 Å². The Morgan fingerprint density at radius 3 is 2.25 bits per heavy atom. The lowest BCUT2D eigenvalue weighted by atomic mass is 10.1. The molecule has 0 saturated heterocycles. The highest BCUT2D eigenvalue weighted by molar-refractivity contribution is 7.90. The number of carbonyl (C=O) groups excluding carboxylic acids is 2. The predicted octanol–water partition coefficient (Wildman–Crippen LogP) is 3.56. The number of benzene rings is 2. The number of anilines is 1. The number of esters is 1. The molecule has 0 spiro atoms. The predicted molar refractivity (Wildman–Crippen MR) is 94.9 cm³/mol. The van der Waals surface area contributed by atoms with Crippen LogP contribution in [0.2, 0.25) is 5.02 Å². The summed E-state index contributed by atoms with van der Waals surface area (Å²) in [5.74, 6) is -1.98. The van der Waals surface area contributed by atoms with Crippen molar-refractivity contribution in [1.82, 2.24) is 0 Å². The minimum absolute atomic E-state index is 0.0137. The van der Waals surface area contributed by atoms with Gasteiger partial charge < -0.3 is 10.1 Å². The van der Waals surface area contributed by atoms with Crippen molar-refractivity contribution in [1.29, 1.82) is 0 Å². The van der Waals surface area contributed by atoms with Gasteiger partial charge in [-0.3, -0.25) is 4.79 Å². The summed E-state index contributed by atoms with van der Waals surface area (Å²) in [6, 6.07) is 7.75. The van der Waals surface area contributed by atoms with E-state index in [1.807, 2.05) is 5.32 Å². The van der Waals surface area contributed by atoms with Crippen molar-refractivity contribution < 1.29 is 35.9 Å². The van der Waals surface area contributed by atoms with Crippen LogP contribution in [-0.2, 0) is 25.5 Å². The number of amides is 1. The summed E-state index contributed by atoms with van der Waals surface area (Å²) in [7, 11) is -3.45. The van der Waals surface area contributed by atoms with Crippen LogP contribution in [0.5, 0.6) is 0 Å². The molecule has 2 rings (SSSR count). The number of sulfone groups is 1. The Morgan fingerprint density at radius 1 is 1.11 bits per heavy atom. The highest BCUT2D eigenvalue weighted by Gasteiger charge is 2.34. The quantitative estimate of drug-likeness (QED) is 0.725. The minimum atomic E-state index is -4.74. The molecule has 6 nitrogen and oxygen atoms in total. The zero-order valence-electron chi connectivity index (χ0n) is 14.2. The zero-order chi connectivity index (χ0) is 21.1. The van der Waals surface area contributed by atoms with Crippen molar-refractivity contribution in [2.24, 2.45) is 0 Å². The highest BCUT2D eigenvalue weighted by atomic mass is 35.5. The number of hydrogen-bond donors (Lipinski definition) is 1. The third-order valence-corrected chi connectivity index (χ3v) is 4.88. The molecule has 1 amide bonds. The summed E-state index contributed by atoms with van der Waals surface area (Å²) in [4.78, 5) is 23.8. The van der Waals surface area contributed by atoms with E-state index in [0.717, 1.165) is 18.4 Å². The average Bonchev–Trinajstić information content (AvgIpc) is 2.60. The van der Waals surface area contributed by atoms with Crippen LogP contribution in [0.1, 0.15) is 15.9 Å². The summed E-state index contributed by atoms with van der Waals surface area (Å²) < 4.78 is 66.4. The molecular formula is C17H13ClF3NO5S. The number of carbonyl (C=O) groups is 2. The van der Waals surface area contributed by atoms with Crippen LogP contribution in [0, 0.1) is 0 Å². The van der Waals surface area contributed by atoms with Crippen molar-refractivity contribution in [3.05, 3.63) is 58.6 Å². The second-order valence-corrected chi connectivity index (χ2v) is 8.00. The van der Waals surface area contributed by atoms with Gasteiger partial charge in [0, 0.05) is 6.26 Å². The topological polar surface area (TPSA) is 89.5 Å². The number of ether oxygens (including phenoxy) is 1. The maximum absolute atomic E-state index is 13.0. The van der Waals surface area contributed by atoms with E-state index >= 15 is 0 Å². The SMILES string of the molecule is CS(=O)(=O)c1ccc(C(=O)OCC(=O)Nc2c(Cl)cccc2C(F)(F)F)cc1. The van der Waals surface area contributed by atoms with Gasteiger partial charge in [0.15, 0.2) is 16.4 Å². The molecule has 0 radical (unpaired) electrons. The molecule has 0 aliphatic heterocycles. The minimum Gasteiger partial charge on any atom is -0.452 e. The lowest BCUT2D eigenvalue weighted by Crippen LogP contribution is -2.23. The van der Waals surface area contributed by atoms with Crippen molar-refractivity contribution in [2.75, 3.05) is 18.2 Å². The van der Waals surface area contributed by atoms with E-state index in [1.165, 1.54) is 30.3 Å². The fourth-order valence-corrected chi connectivity index (χ4v) is 2.97. The van der Waals surface area contributed by atoms with E-state index in [0.29, 0.717) is 0 Å². The molecule has 150 valence electrons. The Balaban J connectivity index is 2.05. The molecular weight excluding hydrogens is 423 g/mol. The second-order valence-electron chi connectivity index (χ2n) is 5.58. The van der Waals surface area contributed by atoms with Crippen molar-refractivity contribution in [3.8, 4) is 0 Å². The van der Waals surface area contributed by atoms with Gasteiger partial charge >= 0.3 is 12.1 Å².